The average Bonchev–Trinajstić information content (AvgIpc) is 2.77. The molecular weight excluding hydrogens is 396 g/mol. The fourth-order valence-electron chi connectivity index (χ4n) is 3.87. The van der Waals surface area contributed by atoms with E-state index in [4.69, 9.17) is 4.74 Å². The Labute approximate surface area is 189 Å². The Balaban J connectivity index is 2.11. The first-order valence-electron chi connectivity index (χ1n) is 12.4. The summed E-state index contributed by atoms with van der Waals surface area (Å²) < 4.78 is 9.01. The second kappa shape index (κ2) is 21.8. The van der Waals surface area contributed by atoms with Crippen molar-refractivity contribution < 1.29 is 14.3 Å². The maximum Gasteiger partial charge on any atom is 0.119 e. The highest BCUT2D eigenvalue weighted by atomic mass is 32.2. The van der Waals surface area contributed by atoms with E-state index in [2.05, 4.69) is 9.62 Å². The zero-order valence-electron chi connectivity index (χ0n) is 19.2. The van der Waals surface area contributed by atoms with Gasteiger partial charge in [0.25, 0.3) is 0 Å². The van der Waals surface area contributed by atoms with E-state index >= 15 is 0 Å². The maximum absolute atomic E-state index is 10.4. The predicted molar refractivity (Wildman–Crippen MR) is 128 cm³/mol. The predicted octanol–water partition coefficient (Wildman–Crippen LogP) is 5.17. The van der Waals surface area contributed by atoms with Gasteiger partial charge < -0.3 is 19.2 Å². The Morgan fingerprint density at radius 1 is 0.733 bits per heavy atom. The van der Waals surface area contributed by atoms with Crippen molar-refractivity contribution in [2.45, 2.75) is 102 Å². The Morgan fingerprint density at radius 3 is 1.80 bits per heavy atom. The molecule has 1 heterocycles. The molecule has 0 aromatic heterocycles. The Bertz CT molecular complexity index is 371. The normalized spacial score (nSPS) is 15.0. The van der Waals surface area contributed by atoms with Gasteiger partial charge in [0.2, 0.25) is 0 Å². The molecule has 30 heavy (non-hydrogen) atoms. The monoisotopic (exact) mass is 442 g/mol. The van der Waals surface area contributed by atoms with E-state index in [1.54, 1.807) is 0 Å². The lowest BCUT2D eigenvalue weighted by molar-refractivity contribution is -0.108. The van der Waals surface area contributed by atoms with Crippen LogP contribution in [0.25, 0.3) is 0 Å². The molecule has 0 aromatic carbocycles. The smallest absolute Gasteiger partial charge is 0.119 e. The van der Waals surface area contributed by atoms with Crippen LogP contribution in [0, 0.1) is 0 Å². The van der Waals surface area contributed by atoms with E-state index in [0.717, 1.165) is 58.0 Å². The molecule has 176 valence electrons. The molecule has 0 aliphatic carbocycles. The van der Waals surface area contributed by atoms with Crippen molar-refractivity contribution in [3.05, 3.63) is 0 Å². The first-order chi connectivity index (χ1) is 14.9. The standard InChI is InChI=1S/C24H46N2O3S/c27-20-11-7-3-1-5-9-17-26(18-10-6-2-4-8-12-21-28)19-13-16-25-30-24-14-22-29-23-15-24/h20-21,24-25H,1-19,22-23H2. The fraction of sp³-hybridized carbons (Fsp3) is 0.917. The quantitative estimate of drug-likeness (QED) is 0.142. The molecule has 0 atom stereocenters. The van der Waals surface area contributed by atoms with Crippen molar-refractivity contribution in [1.82, 2.24) is 9.62 Å². The Morgan fingerprint density at radius 2 is 1.23 bits per heavy atom. The molecule has 0 saturated carbocycles. The number of ether oxygens (including phenoxy) is 1. The summed E-state index contributed by atoms with van der Waals surface area (Å²) >= 11 is 1.91. The van der Waals surface area contributed by atoms with Gasteiger partial charge in [-0.3, -0.25) is 4.72 Å². The number of carbonyl (C=O) groups is 2. The zero-order chi connectivity index (χ0) is 21.5. The van der Waals surface area contributed by atoms with Gasteiger partial charge in [-0.15, -0.1) is 0 Å². The third-order valence-corrected chi connectivity index (χ3v) is 6.94. The summed E-state index contributed by atoms with van der Waals surface area (Å²) in [4.78, 5) is 23.4. The molecule has 5 nitrogen and oxygen atoms in total. The number of unbranched alkanes of at least 4 members (excludes halogenated alkanes) is 10. The molecule has 1 fully saturated rings. The zero-order valence-corrected chi connectivity index (χ0v) is 20.0. The van der Waals surface area contributed by atoms with Gasteiger partial charge in [0.05, 0.1) is 0 Å². The summed E-state index contributed by atoms with van der Waals surface area (Å²) in [5.41, 5.74) is 0. The van der Waals surface area contributed by atoms with E-state index in [1.807, 2.05) is 11.9 Å². The second-order valence-electron chi connectivity index (χ2n) is 8.47. The van der Waals surface area contributed by atoms with E-state index in [1.165, 1.54) is 90.3 Å². The molecule has 0 bridgehead atoms. The van der Waals surface area contributed by atoms with Crippen LogP contribution in [0.5, 0.6) is 0 Å². The molecule has 0 spiro atoms. The summed E-state index contributed by atoms with van der Waals surface area (Å²) in [5, 5.41) is 0.716. The van der Waals surface area contributed by atoms with E-state index in [9.17, 15) is 9.59 Å². The van der Waals surface area contributed by atoms with Gasteiger partial charge in [0.1, 0.15) is 12.6 Å². The SMILES string of the molecule is O=CCCCCCCCN(CCCCCCCC=O)CCCNSC1CCOCC1. The third kappa shape index (κ3) is 17.3. The number of nitrogens with zero attached hydrogens (tertiary/aromatic N) is 1. The van der Waals surface area contributed by atoms with Crippen LogP contribution in [0.4, 0.5) is 0 Å². The molecular formula is C24H46N2O3S. The lowest BCUT2D eigenvalue weighted by atomic mass is 10.1. The van der Waals surface area contributed by atoms with E-state index in [-0.39, 0.29) is 0 Å². The molecule has 1 aliphatic rings. The third-order valence-electron chi connectivity index (χ3n) is 5.76. The lowest BCUT2D eigenvalue weighted by Gasteiger charge is -2.24. The number of hydrogen-bond acceptors (Lipinski definition) is 6. The van der Waals surface area contributed by atoms with Crippen molar-refractivity contribution in [2.75, 3.05) is 39.4 Å². The minimum Gasteiger partial charge on any atom is -0.381 e. The molecule has 0 amide bonds. The number of hydrogen-bond donors (Lipinski definition) is 1. The molecule has 1 saturated heterocycles. The van der Waals surface area contributed by atoms with Crippen LogP contribution in [0.1, 0.15) is 96.3 Å². The van der Waals surface area contributed by atoms with E-state index < -0.39 is 0 Å². The second-order valence-corrected chi connectivity index (χ2v) is 9.66. The number of aldehydes is 2. The fourth-order valence-corrected chi connectivity index (χ4v) is 4.79. The average molecular weight is 443 g/mol. The largest absolute Gasteiger partial charge is 0.381 e. The van der Waals surface area contributed by atoms with Crippen molar-refractivity contribution in [3.8, 4) is 0 Å². The molecule has 0 aromatic rings. The van der Waals surface area contributed by atoms with Crippen molar-refractivity contribution in [3.63, 3.8) is 0 Å². The lowest BCUT2D eigenvalue weighted by Crippen LogP contribution is -2.29. The van der Waals surface area contributed by atoms with Crippen LogP contribution in [0.2, 0.25) is 0 Å². The molecule has 0 unspecified atom stereocenters. The summed E-state index contributed by atoms with van der Waals surface area (Å²) in [5.74, 6) is 0. The van der Waals surface area contributed by atoms with Gasteiger partial charge in [-0.1, -0.05) is 50.5 Å². The summed E-state index contributed by atoms with van der Waals surface area (Å²) in [7, 11) is 0. The van der Waals surface area contributed by atoms with Crippen LogP contribution in [-0.4, -0.2) is 62.1 Å². The van der Waals surface area contributed by atoms with Crippen molar-refractivity contribution in [2.24, 2.45) is 0 Å². The summed E-state index contributed by atoms with van der Waals surface area (Å²) in [6.45, 7) is 6.49. The minimum absolute atomic E-state index is 0.716. The van der Waals surface area contributed by atoms with Gasteiger partial charge in [0.15, 0.2) is 0 Å². The Kier molecular flexibility index (Phi) is 20.0. The topological polar surface area (TPSA) is 58.6 Å². The molecule has 1 aliphatic heterocycles. The first-order valence-corrected chi connectivity index (χ1v) is 13.3. The molecule has 6 heteroatoms. The van der Waals surface area contributed by atoms with Crippen molar-refractivity contribution >= 4 is 24.5 Å². The summed E-state index contributed by atoms with van der Waals surface area (Å²) in [6.07, 6.45) is 19.1. The number of nitrogens with one attached hydrogen (secondary N) is 1. The first kappa shape index (κ1) is 27.6. The van der Waals surface area contributed by atoms with Crippen LogP contribution in [0.3, 0.4) is 0 Å². The highest BCUT2D eigenvalue weighted by molar-refractivity contribution is 7.98. The minimum atomic E-state index is 0.716. The van der Waals surface area contributed by atoms with Gasteiger partial charge in [-0.05, 0) is 64.6 Å². The van der Waals surface area contributed by atoms with Gasteiger partial charge in [-0.25, -0.2) is 0 Å². The highest BCUT2D eigenvalue weighted by Gasteiger charge is 2.13. The van der Waals surface area contributed by atoms with Gasteiger partial charge in [0, 0.05) is 37.9 Å². The van der Waals surface area contributed by atoms with Crippen molar-refractivity contribution in [1.29, 1.82) is 0 Å². The molecule has 1 N–H and O–H groups in total. The van der Waals surface area contributed by atoms with Gasteiger partial charge in [-0.2, -0.15) is 0 Å². The Hall–Kier alpha value is -0.430. The highest BCUT2D eigenvalue weighted by Crippen LogP contribution is 2.19. The van der Waals surface area contributed by atoms with Crippen LogP contribution >= 0.6 is 11.9 Å². The van der Waals surface area contributed by atoms with Crippen LogP contribution < -0.4 is 4.72 Å². The summed E-state index contributed by atoms with van der Waals surface area (Å²) in [6, 6.07) is 0. The molecule has 1 rings (SSSR count). The number of rotatable bonds is 22. The van der Waals surface area contributed by atoms with Crippen LogP contribution in [0.15, 0.2) is 0 Å². The number of carbonyl (C=O) groups excluding carboxylic acids is 2. The molecule has 0 radical (unpaired) electrons. The maximum atomic E-state index is 10.4. The van der Waals surface area contributed by atoms with E-state index in [0.29, 0.717) is 5.25 Å². The van der Waals surface area contributed by atoms with Gasteiger partial charge >= 0.3 is 0 Å². The van der Waals surface area contributed by atoms with Crippen LogP contribution in [-0.2, 0) is 14.3 Å².